The van der Waals surface area contributed by atoms with E-state index in [0.29, 0.717) is 0 Å². The number of aromatic nitrogens is 1. The second-order valence-electron chi connectivity index (χ2n) is 3.02. The van der Waals surface area contributed by atoms with Crippen molar-refractivity contribution in [2.45, 2.75) is 6.61 Å². The standard InChI is InChI=1S/C11H11NO2S/c1-14-9-4-2-3-8(5-9)10-7-15-11(6-13)12-10/h2-5,7,13H,6H2,1H3. The first-order valence-corrected chi connectivity index (χ1v) is 5.41. The summed E-state index contributed by atoms with van der Waals surface area (Å²) in [5, 5.41) is 11.6. The molecule has 0 saturated heterocycles. The molecule has 0 amide bonds. The molecule has 78 valence electrons. The number of hydrogen-bond donors (Lipinski definition) is 1. The summed E-state index contributed by atoms with van der Waals surface area (Å²) in [6, 6.07) is 7.71. The van der Waals surface area contributed by atoms with Gasteiger partial charge >= 0.3 is 0 Å². The van der Waals surface area contributed by atoms with Crippen molar-refractivity contribution in [3.8, 4) is 17.0 Å². The van der Waals surface area contributed by atoms with Gasteiger partial charge in [0.2, 0.25) is 0 Å². The van der Waals surface area contributed by atoms with E-state index in [1.165, 1.54) is 11.3 Å². The minimum atomic E-state index is -0.00532. The highest BCUT2D eigenvalue weighted by Gasteiger charge is 2.04. The molecular formula is C11H11NO2S. The molecule has 0 fully saturated rings. The average Bonchev–Trinajstić information content (AvgIpc) is 2.78. The second-order valence-corrected chi connectivity index (χ2v) is 3.96. The normalized spacial score (nSPS) is 10.3. The third kappa shape index (κ3) is 2.16. The highest BCUT2D eigenvalue weighted by Crippen LogP contribution is 2.25. The first-order valence-electron chi connectivity index (χ1n) is 4.53. The first-order chi connectivity index (χ1) is 7.33. The van der Waals surface area contributed by atoms with Gasteiger partial charge in [0.15, 0.2) is 0 Å². The topological polar surface area (TPSA) is 42.4 Å². The largest absolute Gasteiger partial charge is 0.497 e. The fourth-order valence-electron chi connectivity index (χ4n) is 1.30. The number of nitrogens with zero attached hydrogens (tertiary/aromatic N) is 1. The Morgan fingerprint density at radius 3 is 3.00 bits per heavy atom. The summed E-state index contributed by atoms with van der Waals surface area (Å²) >= 11 is 1.46. The number of rotatable bonds is 3. The van der Waals surface area contributed by atoms with E-state index in [4.69, 9.17) is 9.84 Å². The molecule has 0 radical (unpaired) electrons. The van der Waals surface area contributed by atoms with Crippen LogP contribution in [0.3, 0.4) is 0 Å². The highest BCUT2D eigenvalue weighted by molar-refractivity contribution is 7.09. The SMILES string of the molecule is COc1cccc(-c2csc(CO)n2)c1. The van der Waals surface area contributed by atoms with Crippen molar-refractivity contribution in [1.29, 1.82) is 0 Å². The van der Waals surface area contributed by atoms with Gasteiger partial charge in [-0.2, -0.15) is 0 Å². The average molecular weight is 221 g/mol. The summed E-state index contributed by atoms with van der Waals surface area (Å²) in [6.07, 6.45) is 0. The molecule has 15 heavy (non-hydrogen) atoms. The van der Waals surface area contributed by atoms with E-state index in [0.717, 1.165) is 22.0 Å². The Bertz CT molecular complexity index is 453. The van der Waals surface area contributed by atoms with E-state index >= 15 is 0 Å². The lowest BCUT2D eigenvalue weighted by atomic mass is 10.2. The maximum atomic E-state index is 8.92. The number of aliphatic hydroxyl groups excluding tert-OH is 1. The smallest absolute Gasteiger partial charge is 0.119 e. The minimum absolute atomic E-state index is 0.00532. The van der Waals surface area contributed by atoms with E-state index in [-0.39, 0.29) is 6.61 Å². The summed E-state index contributed by atoms with van der Waals surface area (Å²) in [4.78, 5) is 4.29. The van der Waals surface area contributed by atoms with Crippen LogP contribution in [0.5, 0.6) is 5.75 Å². The zero-order valence-corrected chi connectivity index (χ0v) is 9.12. The maximum Gasteiger partial charge on any atom is 0.119 e. The zero-order valence-electron chi connectivity index (χ0n) is 8.30. The Balaban J connectivity index is 2.35. The molecule has 0 aliphatic heterocycles. The molecule has 3 nitrogen and oxygen atoms in total. The fourth-order valence-corrected chi connectivity index (χ4v) is 1.96. The quantitative estimate of drug-likeness (QED) is 0.864. The third-order valence-electron chi connectivity index (χ3n) is 2.05. The number of thiazole rings is 1. The Hall–Kier alpha value is -1.39. The van der Waals surface area contributed by atoms with Gasteiger partial charge in [-0.1, -0.05) is 12.1 Å². The fraction of sp³-hybridized carbons (Fsp3) is 0.182. The van der Waals surface area contributed by atoms with Crippen LogP contribution in [0.1, 0.15) is 5.01 Å². The molecule has 0 saturated carbocycles. The zero-order chi connectivity index (χ0) is 10.7. The van der Waals surface area contributed by atoms with Crippen molar-refractivity contribution in [3.05, 3.63) is 34.7 Å². The van der Waals surface area contributed by atoms with Gasteiger partial charge in [-0.15, -0.1) is 11.3 Å². The number of hydrogen-bond acceptors (Lipinski definition) is 4. The predicted molar refractivity (Wildman–Crippen MR) is 60.0 cm³/mol. The minimum Gasteiger partial charge on any atom is -0.497 e. The van der Waals surface area contributed by atoms with Crippen LogP contribution in [0.25, 0.3) is 11.3 Å². The van der Waals surface area contributed by atoms with E-state index < -0.39 is 0 Å². The molecule has 2 aromatic rings. The lowest BCUT2D eigenvalue weighted by Gasteiger charge is -2.01. The molecule has 2 rings (SSSR count). The number of methoxy groups -OCH3 is 1. The summed E-state index contributed by atoms with van der Waals surface area (Å²) in [5.41, 5.74) is 1.88. The Morgan fingerprint density at radius 1 is 1.47 bits per heavy atom. The number of ether oxygens (including phenoxy) is 1. The van der Waals surface area contributed by atoms with Crippen LogP contribution in [-0.4, -0.2) is 17.2 Å². The van der Waals surface area contributed by atoms with Crippen molar-refractivity contribution in [2.24, 2.45) is 0 Å². The van der Waals surface area contributed by atoms with Crippen molar-refractivity contribution in [2.75, 3.05) is 7.11 Å². The molecule has 0 unspecified atom stereocenters. The Kier molecular flexibility index (Phi) is 2.99. The number of aliphatic hydroxyl groups is 1. The van der Waals surface area contributed by atoms with Crippen LogP contribution in [0.15, 0.2) is 29.6 Å². The van der Waals surface area contributed by atoms with E-state index in [1.54, 1.807) is 7.11 Å². The lowest BCUT2D eigenvalue weighted by Crippen LogP contribution is -1.85. The summed E-state index contributed by atoms with van der Waals surface area (Å²) in [5.74, 6) is 0.811. The van der Waals surface area contributed by atoms with Gasteiger partial charge in [0, 0.05) is 10.9 Å². The maximum absolute atomic E-state index is 8.92. The van der Waals surface area contributed by atoms with Gasteiger partial charge in [0.05, 0.1) is 19.4 Å². The first kappa shape index (κ1) is 10.1. The molecule has 1 heterocycles. The van der Waals surface area contributed by atoms with Crippen LogP contribution >= 0.6 is 11.3 Å². The third-order valence-corrected chi connectivity index (χ3v) is 2.89. The van der Waals surface area contributed by atoms with Gasteiger partial charge in [0.25, 0.3) is 0 Å². The lowest BCUT2D eigenvalue weighted by molar-refractivity contribution is 0.281. The molecule has 0 aliphatic carbocycles. The summed E-state index contributed by atoms with van der Waals surface area (Å²) < 4.78 is 5.14. The van der Waals surface area contributed by atoms with Crippen molar-refractivity contribution < 1.29 is 9.84 Å². The van der Waals surface area contributed by atoms with Crippen LogP contribution in [0.4, 0.5) is 0 Å². The van der Waals surface area contributed by atoms with Crippen molar-refractivity contribution in [1.82, 2.24) is 4.98 Å². The van der Waals surface area contributed by atoms with Crippen molar-refractivity contribution in [3.63, 3.8) is 0 Å². The molecule has 1 N–H and O–H groups in total. The Labute approximate surface area is 92.0 Å². The summed E-state index contributed by atoms with van der Waals surface area (Å²) in [6.45, 7) is -0.00532. The molecule has 0 atom stereocenters. The summed E-state index contributed by atoms with van der Waals surface area (Å²) in [7, 11) is 1.64. The predicted octanol–water partition coefficient (Wildman–Crippen LogP) is 2.31. The van der Waals surface area contributed by atoms with Gasteiger partial charge in [0.1, 0.15) is 10.8 Å². The Morgan fingerprint density at radius 2 is 2.33 bits per heavy atom. The van der Waals surface area contributed by atoms with Crippen LogP contribution in [0, 0.1) is 0 Å². The van der Waals surface area contributed by atoms with Gasteiger partial charge in [-0.05, 0) is 12.1 Å². The highest BCUT2D eigenvalue weighted by atomic mass is 32.1. The second kappa shape index (κ2) is 4.42. The van der Waals surface area contributed by atoms with Crippen LogP contribution in [0.2, 0.25) is 0 Å². The number of benzene rings is 1. The molecule has 1 aromatic carbocycles. The van der Waals surface area contributed by atoms with Crippen molar-refractivity contribution >= 4 is 11.3 Å². The van der Waals surface area contributed by atoms with E-state index in [9.17, 15) is 0 Å². The van der Waals surface area contributed by atoms with Crippen LogP contribution in [-0.2, 0) is 6.61 Å². The van der Waals surface area contributed by atoms with Gasteiger partial charge < -0.3 is 9.84 Å². The van der Waals surface area contributed by atoms with Crippen LogP contribution < -0.4 is 4.74 Å². The molecule has 0 spiro atoms. The molecule has 1 aromatic heterocycles. The molecular weight excluding hydrogens is 210 g/mol. The molecule has 0 bridgehead atoms. The monoisotopic (exact) mass is 221 g/mol. The van der Waals surface area contributed by atoms with E-state index in [1.807, 2.05) is 29.6 Å². The van der Waals surface area contributed by atoms with E-state index in [2.05, 4.69) is 4.98 Å². The molecule has 4 heteroatoms. The molecule has 0 aliphatic rings. The van der Waals surface area contributed by atoms with Gasteiger partial charge in [-0.25, -0.2) is 4.98 Å². The van der Waals surface area contributed by atoms with Gasteiger partial charge in [-0.3, -0.25) is 0 Å².